The number of ether oxygens (including phenoxy) is 1. The number of rotatable bonds is 0. The van der Waals surface area contributed by atoms with Gasteiger partial charge in [-0.3, -0.25) is 9.59 Å². The summed E-state index contributed by atoms with van der Waals surface area (Å²) in [5.41, 5.74) is 5.77. The molecule has 4 rings (SSSR count). The molecule has 6 nitrogen and oxygen atoms in total. The summed E-state index contributed by atoms with van der Waals surface area (Å²) < 4.78 is 6.36. The Bertz CT molecular complexity index is 957. The molecule has 2 heterocycles. The van der Waals surface area contributed by atoms with Crippen LogP contribution in [0, 0.1) is 17.2 Å². The number of nitrogens with one attached hydrogen (secondary N) is 1. The van der Waals surface area contributed by atoms with Crippen LogP contribution in [0.15, 0.2) is 45.5 Å². The molecule has 1 spiro atoms. The van der Waals surface area contributed by atoms with Gasteiger partial charge in [0, 0.05) is 28.6 Å². The van der Waals surface area contributed by atoms with Crippen molar-refractivity contribution in [3.63, 3.8) is 0 Å². The second kappa shape index (κ2) is 5.20. The quantitative estimate of drug-likeness (QED) is 0.697. The predicted molar refractivity (Wildman–Crippen MR) is 92.8 cm³/mol. The van der Waals surface area contributed by atoms with Crippen LogP contribution < -0.4 is 11.1 Å². The summed E-state index contributed by atoms with van der Waals surface area (Å²) in [5.74, 6) is -0.267. The molecule has 0 aromatic heterocycles. The Hall–Kier alpha value is -2.59. The molecule has 1 amide bonds. The number of nitrogens with zero attached hydrogens (tertiary/aromatic N) is 1. The Kier molecular flexibility index (Phi) is 3.31. The fourth-order valence-corrected chi connectivity index (χ4v) is 4.34. The van der Waals surface area contributed by atoms with E-state index >= 15 is 0 Å². The van der Waals surface area contributed by atoms with Crippen LogP contribution in [-0.2, 0) is 19.7 Å². The maximum absolute atomic E-state index is 13.1. The highest BCUT2D eigenvalue weighted by atomic mass is 79.9. The van der Waals surface area contributed by atoms with E-state index in [1.165, 1.54) is 0 Å². The first kappa shape index (κ1) is 15.9. The molecule has 0 bridgehead atoms. The summed E-state index contributed by atoms with van der Waals surface area (Å²) in [6.45, 7) is 1.94. The van der Waals surface area contributed by atoms with E-state index in [1.807, 2.05) is 13.0 Å². The van der Waals surface area contributed by atoms with Gasteiger partial charge in [0.05, 0.1) is 5.57 Å². The van der Waals surface area contributed by atoms with Crippen molar-refractivity contribution in [2.24, 2.45) is 11.7 Å². The van der Waals surface area contributed by atoms with Crippen molar-refractivity contribution in [1.82, 2.24) is 0 Å². The van der Waals surface area contributed by atoms with Gasteiger partial charge in [0.25, 0.3) is 0 Å². The normalized spacial score (nSPS) is 27.6. The largest absolute Gasteiger partial charge is 0.444 e. The van der Waals surface area contributed by atoms with Gasteiger partial charge in [0.15, 0.2) is 5.78 Å². The number of carbonyl (C=O) groups excluding carboxylic acids is 2. The number of amides is 1. The van der Waals surface area contributed by atoms with Crippen molar-refractivity contribution in [3.8, 4) is 6.07 Å². The molecule has 126 valence electrons. The molecule has 7 heteroatoms. The summed E-state index contributed by atoms with van der Waals surface area (Å²) in [6.07, 6.45) is 0.804. The van der Waals surface area contributed by atoms with E-state index in [1.54, 1.807) is 18.2 Å². The zero-order chi connectivity index (χ0) is 17.9. The molecule has 0 saturated carbocycles. The van der Waals surface area contributed by atoms with E-state index in [-0.39, 0.29) is 28.7 Å². The number of fused-ring (bicyclic) bond motifs is 3. The van der Waals surface area contributed by atoms with E-state index in [4.69, 9.17) is 10.5 Å². The van der Waals surface area contributed by atoms with Crippen LogP contribution in [-0.4, -0.2) is 11.7 Å². The molecule has 1 aromatic carbocycles. The van der Waals surface area contributed by atoms with Crippen LogP contribution in [0.25, 0.3) is 0 Å². The molecule has 0 saturated heterocycles. The Labute approximate surface area is 152 Å². The highest BCUT2D eigenvalue weighted by Crippen LogP contribution is 2.54. The first-order valence-corrected chi connectivity index (χ1v) is 8.65. The maximum atomic E-state index is 13.1. The van der Waals surface area contributed by atoms with Crippen molar-refractivity contribution < 1.29 is 14.3 Å². The zero-order valence-electron chi connectivity index (χ0n) is 13.4. The third kappa shape index (κ3) is 1.94. The zero-order valence-corrected chi connectivity index (χ0v) is 14.9. The van der Waals surface area contributed by atoms with Crippen molar-refractivity contribution in [2.75, 3.05) is 5.32 Å². The van der Waals surface area contributed by atoms with Crippen LogP contribution in [0.5, 0.6) is 0 Å². The fourth-order valence-electron chi connectivity index (χ4n) is 3.98. The highest BCUT2D eigenvalue weighted by molar-refractivity contribution is 9.10. The van der Waals surface area contributed by atoms with E-state index < -0.39 is 11.3 Å². The number of benzene rings is 1. The summed E-state index contributed by atoms with van der Waals surface area (Å²) >= 11 is 3.40. The monoisotopic (exact) mass is 399 g/mol. The molecule has 3 aliphatic rings. The van der Waals surface area contributed by atoms with Gasteiger partial charge in [-0.2, -0.15) is 5.26 Å². The van der Waals surface area contributed by atoms with Crippen LogP contribution >= 0.6 is 15.9 Å². The van der Waals surface area contributed by atoms with Gasteiger partial charge in [0.1, 0.15) is 22.8 Å². The summed E-state index contributed by atoms with van der Waals surface area (Å²) in [5, 5.41) is 12.5. The predicted octanol–water partition coefficient (Wildman–Crippen LogP) is 2.62. The first-order valence-electron chi connectivity index (χ1n) is 7.86. The molecule has 0 unspecified atom stereocenters. The Morgan fingerprint density at radius 3 is 2.88 bits per heavy atom. The lowest BCUT2D eigenvalue weighted by Gasteiger charge is -2.38. The number of ketones is 1. The van der Waals surface area contributed by atoms with Gasteiger partial charge >= 0.3 is 0 Å². The molecule has 0 fully saturated rings. The van der Waals surface area contributed by atoms with Gasteiger partial charge in [-0.05, 0) is 24.1 Å². The van der Waals surface area contributed by atoms with E-state index in [2.05, 4.69) is 21.2 Å². The van der Waals surface area contributed by atoms with Crippen LogP contribution in [0.4, 0.5) is 5.69 Å². The third-order valence-electron chi connectivity index (χ3n) is 4.94. The Morgan fingerprint density at radius 2 is 2.16 bits per heavy atom. The minimum Gasteiger partial charge on any atom is -0.444 e. The molecule has 2 aliphatic heterocycles. The van der Waals surface area contributed by atoms with Crippen LogP contribution in [0.1, 0.15) is 25.3 Å². The van der Waals surface area contributed by atoms with Crippen molar-refractivity contribution in [1.29, 1.82) is 5.26 Å². The lowest BCUT2D eigenvalue weighted by Crippen LogP contribution is -2.47. The van der Waals surface area contributed by atoms with E-state index in [0.717, 1.165) is 4.47 Å². The Morgan fingerprint density at radius 1 is 1.40 bits per heavy atom. The fraction of sp³-hybridized carbons (Fsp3) is 0.278. The van der Waals surface area contributed by atoms with Gasteiger partial charge in [-0.15, -0.1) is 0 Å². The number of nitriles is 1. The molecule has 3 N–H and O–H groups in total. The second-order valence-corrected chi connectivity index (χ2v) is 7.50. The van der Waals surface area contributed by atoms with Crippen molar-refractivity contribution in [2.45, 2.75) is 25.2 Å². The molecule has 0 radical (unpaired) electrons. The number of hydrogen-bond acceptors (Lipinski definition) is 5. The minimum absolute atomic E-state index is 0.0384. The topological polar surface area (TPSA) is 105 Å². The SMILES string of the molecule is C[C@@H]1CC(=O)C2=C(C1)OC(N)=C(C#N)[C@]21C(=O)Nc2ccc(Br)cc21. The van der Waals surface area contributed by atoms with Gasteiger partial charge in [0.2, 0.25) is 11.8 Å². The van der Waals surface area contributed by atoms with Crippen molar-refractivity contribution in [3.05, 3.63) is 51.0 Å². The van der Waals surface area contributed by atoms with Gasteiger partial charge in [-0.1, -0.05) is 22.9 Å². The van der Waals surface area contributed by atoms with Gasteiger partial charge in [-0.25, -0.2) is 0 Å². The van der Waals surface area contributed by atoms with E-state index in [0.29, 0.717) is 29.9 Å². The number of nitrogens with two attached hydrogens (primary N) is 1. The number of allylic oxidation sites excluding steroid dienone is 1. The number of halogens is 1. The number of anilines is 1. The van der Waals surface area contributed by atoms with E-state index in [9.17, 15) is 14.9 Å². The first-order chi connectivity index (χ1) is 11.9. The van der Waals surface area contributed by atoms with Gasteiger partial charge < -0.3 is 15.8 Å². The number of hydrogen-bond donors (Lipinski definition) is 2. The number of carbonyl (C=O) groups is 2. The maximum Gasteiger partial charge on any atom is 0.245 e. The second-order valence-electron chi connectivity index (χ2n) is 6.58. The van der Waals surface area contributed by atoms with Crippen molar-refractivity contribution >= 4 is 33.3 Å². The molecule has 25 heavy (non-hydrogen) atoms. The molecule has 2 atom stereocenters. The average molecular weight is 400 g/mol. The smallest absolute Gasteiger partial charge is 0.245 e. The highest BCUT2D eigenvalue weighted by Gasteiger charge is 2.60. The molecule has 1 aromatic rings. The molecular formula is C18H14BrN3O3. The summed E-state index contributed by atoms with van der Waals surface area (Å²) in [4.78, 5) is 26.0. The molecule has 1 aliphatic carbocycles. The standard InChI is InChI=1S/C18H14BrN3O3/c1-8-4-13(23)15-14(5-8)25-16(21)11(7-20)18(15)10-6-9(19)2-3-12(10)22-17(18)24/h2-3,6,8H,4-5,21H2,1H3,(H,22,24)/t8-,18+/m1/s1. The summed E-state index contributed by atoms with van der Waals surface area (Å²) in [7, 11) is 0. The lowest BCUT2D eigenvalue weighted by atomic mass is 9.64. The lowest BCUT2D eigenvalue weighted by molar-refractivity contribution is -0.123. The third-order valence-corrected chi connectivity index (χ3v) is 5.43. The minimum atomic E-state index is -1.54. The van der Waals surface area contributed by atoms with Crippen LogP contribution in [0.3, 0.4) is 0 Å². The number of Topliss-reactive ketones (excluding diaryl/α,β-unsaturated/α-hetero) is 1. The Balaban J connectivity index is 2.11. The van der Waals surface area contributed by atoms with Crippen LogP contribution in [0.2, 0.25) is 0 Å². The molecular weight excluding hydrogens is 386 g/mol. The average Bonchev–Trinajstić information content (AvgIpc) is 2.80. The summed E-state index contributed by atoms with van der Waals surface area (Å²) in [6, 6.07) is 7.29.